The summed E-state index contributed by atoms with van der Waals surface area (Å²) in [6, 6.07) is 5.33. The molecule has 3 N–H and O–H groups in total. The number of allylic oxidation sites excluding steroid dienone is 2. The SMILES string of the molecule is [2H]C([2H])([2H])O[C@@H]1CC[C@H]1ONC(=O)c1cnn2c(NC)cc(NC3=CC=CN(n4cccc4)C3=C=O)nc12. The van der Waals surface area contributed by atoms with E-state index >= 15 is 0 Å². The minimum atomic E-state index is -2.54. The average molecular weight is 480 g/mol. The number of carbonyl (C=O) groups excluding carboxylic acids is 2. The van der Waals surface area contributed by atoms with E-state index in [1.165, 1.54) is 10.7 Å². The number of aromatic nitrogens is 4. The van der Waals surface area contributed by atoms with Crippen molar-refractivity contribution < 1.29 is 23.3 Å². The molecule has 3 aromatic heterocycles. The van der Waals surface area contributed by atoms with Gasteiger partial charge in [0.25, 0.3) is 5.91 Å². The van der Waals surface area contributed by atoms with Crippen LogP contribution in [0, 0.1) is 0 Å². The Hall–Kier alpha value is -4.38. The molecule has 12 nitrogen and oxygen atoms in total. The summed E-state index contributed by atoms with van der Waals surface area (Å²) >= 11 is 0. The van der Waals surface area contributed by atoms with Gasteiger partial charge in [-0.1, -0.05) is 0 Å². The smallest absolute Gasteiger partial charge is 0.280 e. The third-order valence-corrected chi connectivity index (χ3v) is 5.75. The second kappa shape index (κ2) is 9.47. The van der Waals surface area contributed by atoms with E-state index in [1.54, 1.807) is 53.5 Å². The van der Waals surface area contributed by atoms with E-state index in [1.807, 2.05) is 18.1 Å². The molecule has 1 saturated carbocycles. The van der Waals surface area contributed by atoms with E-state index in [-0.39, 0.29) is 16.9 Å². The quantitative estimate of drug-likeness (QED) is 0.326. The van der Waals surface area contributed by atoms with Gasteiger partial charge in [-0.15, -0.1) is 0 Å². The average Bonchev–Trinajstić information content (AvgIpc) is 3.56. The van der Waals surface area contributed by atoms with E-state index in [2.05, 4.69) is 26.2 Å². The lowest BCUT2D eigenvalue weighted by molar-refractivity contribution is -0.138. The molecule has 1 aliphatic heterocycles. The molecule has 1 fully saturated rings. The van der Waals surface area contributed by atoms with Crippen molar-refractivity contribution in [2.45, 2.75) is 25.0 Å². The number of ether oxygens (including phenoxy) is 1. The maximum Gasteiger partial charge on any atom is 0.280 e. The maximum atomic E-state index is 12.9. The number of carbonyl (C=O) groups is 1. The number of nitrogens with zero attached hydrogens (tertiary/aromatic N) is 5. The van der Waals surface area contributed by atoms with Gasteiger partial charge in [0.15, 0.2) is 17.3 Å². The van der Waals surface area contributed by atoms with Crippen LogP contribution in [0.2, 0.25) is 0 Å². The fourth-order valence-corrected chi connectivity index (χ4v) is 3.76. The van der Waals surface area contributed by atoms with Gasteiger partial charge in [0.1, 0.15) is 23.3 Å². The zero-order valence-corrected chi connectivity index (χ0v) is 18.6. The topological polar surface area (TPSA) is 127 Å². The minimum Gasteiger partial charge on any atom is -0.379 e. The largest absolute Gasteiger partial charge is 0.379 e. The van der Waals surface area contributed by atoms with E-state index in [4.69, 9.17) is 13.7 Å². The van der Waals surface area contributed by atoms with Gasteiger partial charge in [-0.3, -0.25) is 14.3 Å². The molecule has 1 amide bonds. The predicted molar refractivity (Wildman–Crippen MR) is 128 cm³/mol. The molecule has 1 aliphatic carbocycles. The highest BCUT2D eigenvalue weighted by Crippen LogP contribution is 2.26. The summed E-state index contributed by atoms with van der Waals surface area (Å²) in [5.41, 5.74) is 3.35. The number of fused-ring (bicyclic) bond motifs is 1. The molecule has 0 aromatic carbocycles. The van der Waals surface area contributed by atoms with E-state index < -0.39 is 25.2 Å². The standard InChI is InChI=1S/C23H24N8O4/c1-24-21-12-20(26-16-6-5-11-30(17(16)14-32)29-9-3-4-10-29)27-22-15(13-25-31(21)22)23(33)28-35-19-8-7-18(19)34-2/h3-6,9-13,18-19,24H,7-8H2,1-2H3,(H,26,27)(H,28,33)/t18-,19-/m1/s1/i2D3. The van der Waals surface area contributed by atoms with Crippen molar-refractivity contribution in [3.05, 3.63) is 72.1 Å². The normalized spacial score (nSPS) is 20.8. The van der Waals surface area contributed by atoms with Crippen LogP contribution in [0.1, 0.15) is 27.3 Å². The fourth-order valence-electron chi connectivity index (χ4n) is 3.76. The van der Waals surface area contributed by atoms with Crippen molar-refractivity contribution in [2.75, 3.05) is 29.7 Å². The summed E-state index contributed by atoms with van der Waals surface area (Å²) in [5, 5.41) is 12.0. The van der Waals surface area contributed by atoms with Crippen molar-refractivity contribution in [1.29, 1.82) is 0 Å². The first kappa shape index (κ1) is 19.0. The van der Waals surface area contributed by atoms with Crippen molar-refractivity contribution in [3.8, 4) is 0 Å². The molecule has 4 heterocycles. The summed E-state index contributed by atoms with van der Waals surface area (Å²) < 4.78 is 29.9. The van der Waals surface area contributed by atoms with E-state index in [0.29, 0.717) is 30.2 Å². The number of methoxy groups -OCH3 is 1. The van der Waals surface area contributed by atoms with Crippen LogP contribution >= 0.6 is 0 Å². The molecule has 2 atom stereocenters. The van der Waals surface area contributed by atoms with E-state index in [9.17, 15) is 9.59 Å². The van der Waals surface area contributed by atoms with Crippen LogP contribution in [-0.2, 0) is 14.4 Å². The Morgan fingerprint density at radius 2 is 2.11 bits per heavy atom. The lowest BCUT2D eigenvalue weighted by Gasteiger charge is -2.34. The highest BCUT2D eigenvalue weighted by Gasteiger charge is 2.33. The van der Waals surface area contributed by atoms with Gasteiger partial charge in [-0.05, 0) is 37.1 Å². The second-order valence-corrected chi connectivity index (χ2v) is 7.80. The number of hydroxylamine groups is 1. The molecule has 0 saturated heterocycles. The maximum absolute atomic E-state index is 12.9. The summed E-state index contributed by atoms with van der Waals surface area (Å²) in [7, 11) is -0.852. The molecule has 3 aromatic rings. The number of hydrogen-bond acceptors (Lipinski definition) is 9. The molecule has 0 radical (unpaired) electrons. The van der Waals surface area contributed by atoms with Crippen LogP contribution < -0.4 is 21.1 Å². The minimum absolute atomic E-state index is 0.121. The summed E-state index contributed by atoms with van der Waals surface area (Å²) in [4.78, 5) is 34.8. The highest BCUT2D eigenvalue weighted by atomic mass is 16.7. The van der Waals surface area contributed by atoms with Gasteiger partial charge >= 0.3 is 0 Å². The van der Waals surface area contributed by atoms with Crippen molar-refractivity contribution in [1.82, 2.24) is 24.8 Å². The third-order valence-electron chi connectivity index (χ3n) is 5.75. The Balaban J connectivity index is 1.36. The van der Waals surface area contributed by atoms with Gasteiger partial charge in [0, 0.05) is 38.7 Å². The van der Waals surface area contributed by atoms with Crippen molar-refractivity contribution in [2.24, 2.45) is 0 Å². The van der Waals surface area contributed by atoms with Gasteiger partial charge < -0.3 is 15.4 Å². The van der Waals surface area contributed by atoms with Crippen LogP contribution in [-0.4, -0.2) is 57.4 Å². The van der Waals surface area contributed by atoms with Crippen molar-refractivity contribution >= 4 is 29.1 Å². The zero-order valence-electron chi connectivity index (χ0n) is 21.6. The van der Waals surface area contributed by atoms with Gasteiger partial charge in [0.2, 0.25) is 0 Å². The van der Waals surface area contributed by atoms with Gasteiger partial charge in [-0.25, -0.2) is 20.3 Å². The Kier molecular flexibility index (Phi) is 5.14. The summed E-state index contributed by atoms with van der Waals surface area (Å²) in [6.45, 7) is 0. The number of hydrogen-bond donors (Lipinski definition) is 3. The number of anilines is 2. The van der Waals surface area contributed by atoms with Gasteiger partial charge in [0.05, 0.1) is 22.1 Å². The van der Waals surface area contributed by atoms with Crippen LogP contribution in [0.4, 0.5) is 11.6 Å². The molecule has 35 heavy (non-hydrogen) atoms. The predicted octanol–water partition coefficient (Wildman–Crippen LogP) is 1.59. The first-order valence-electron chi connectivity index (χ1n) is 12.3. The van der Waals surface area contributed by atoms with Crippen LogP contribution in [0.25, 0.3) is 5.65 Å². The molecule has 5 rings (SSSR count). The van der Waals surface area contributed by atoms with E-state index in [0.717, 1.165) is 0 Å². The molecular weight excluding hydrogens is 452 g/mol. The number of amides is 1. The highest BCUT2D eigenvalue weighted by molar-refractivity contribution is 5.99. The van der Waals surface area contributed by atoms with Crippen LogP contribution in [0.3, 0.4) is 0 Å². The zero-order chi connectivity index (χ0) is 26.9. The van der Waals surface area contributed by atoms with Crippen molar-refractivity contribution in [3.63, 3.8) is 0 Å². The Bertz CT molecular complexity index is 1460. The molecular formula is C23H24N8O4. The van der Waals surface area contributed by atoms with Crippen LogP contribution in [0.15, 0.2) is 66.5 Å². The molecule has 0 bridgehead atoms. The fraction of sp³-hybridized carbons (Fsp3) is 0.261. The molecule has 180 valence electrons. The molecule has 0 unspecified atom stereocenters. The molecule has 0 spiro atoms. The number of rotatable bonds is 8. The molecule has 12 heteroatoms. The Morgan fingerprint density at radius 1 is 1.29 bits per heavy atom. The monoisotopic (exact) mass is 479 g/mol. The first-order chi connectivity index (χ1) is 18.3. The van der Waals surface area contributed by atoms with Crippen LogP contribution in [0.5, 0.6) is 0 Å². The van der Waals surface area contributed by atoms with Gasteiger partial charge in [-0.2, -0.15) is 9.61 Å². The Morgan fingerprint density at radius 3 is 2.83 bits per heavy atom. The lowest BCUT2D eigenvalue weighted by Crippen LogP contribution is -2.44. The lowest BCUT2D eigenvalue weighted by atomic mass is 9.92. The third kappa shape index (κ3) is 4.17. The first-order valence-corrected chi connectivity index (χ1v) is 10.8. The second-order valence-electron chi connectivity index (χ2n) is 7.80. The summed E-state index contributed by atoms with van der Waals surface area (Å²) in [5.74, 6) is 2.21. The molecule has 2 aliphatic rings. The number of nitrogens with one attached hydrogen (secondary N) is 3. The Labute approximate surface area is 204 Å². The summed E-state index contributed by atoms with van der Waals surface area (Å²) in [6.07, 6.45) is 9.94.